The summed E-state index contributed by atoms with van der Waals surface area (Å²) in [4.78, 5) is 33.2. The highest BCUT2D eigenvalue weighted by atomic mass is 19.4. The standard InChI is InChI=1S/C28H20F9N5O4/c29-13-7-17(27(32,33)34)23(39-11-13)16-2-1-14(42-4-3-38-24(16)42)10-20(26(44)45)40-25(43)22-18(30)8-15(9-19(22)31)41-5-6-46-12-21(41)28(35,36)37/h1-4,7-9,11,20-21H,5-6,10,12H2,(H,40,43)(H,44,45)/t20-,21?/m0/s1. The van der Waals surface area contributed by atoms with Crippen LogP contribution >= 0.6 is 0 Å². The number of hydrogen-bond acceptors (Lipinski definition) is 6. The molecule has 9 nitrogen and oxygen atoms in total. The van der Waals surface area contributed by atoms with Crippen LogP contribution in [-0.2, 0) is 22.1 Å². The van der Waals surface area contributed by atoms with Crippen LogP contribution in [0.2, 0.25) is 0 Å². The summed E-state index contributed by atoms with van der Waals surface area (Å²) in [5.74, 6) is -7.55. The lowest BCUT2D eigenvalue weighted by atomic mass is 10.0. The van der Waals surface area contributed by atoms with Gasteiger partial charge in [-0.3, -0.25) is 9.78 Å². The minimum absolute atomic E-state index is 0.0708. The lowest BCUT2D eigenvalue weighted by Crippen LogP contribution is -2.53. The molecule has 1 fully saturated rings. The van der Waals surface area contributed by atoms with Gasteiger partial charge in [0.1, 0.15) is 40.7 Å². The van der Waals surface area contributed by atoms with E-state index < -0.39 is 89.3 Å². The first-order valence-electron chi connectivity index (χ1n) is 13.2. The number of alkyl halides is 6. The average Bonchev–Trinajstić information content (AvgIpc) is 3.46. The second-order valence-electron chi connectivity index (χ2n) is 10.1. The van der Waals surface area contributed by atoms with Crippen LogP contribution in [0.1, 0.15) is 21.6 Å². The van der Waals surface area contributed by atoms with Gasteiger partial charge in [-0.25, -0.2) is 22.9 Å². The van der Waals surface area contributed by atoms with E-state index in [4.69, 9.17) is 4.74 Å². The van der Waals surface area contributed by atoms with Gasteiger partial charge in [0.15, 0.2) is 0 Å². The first-order valence-corrected chi connectivity index (χ1v) is 13.2. The minimum atomic E-state index is -4.99. The molecular weight excluding hydrogens is 641 g/mol. The molecule has 3 aromatic heterocycles. The topological polar surface area (TPSA) is 109 Å². The number of hydrogen-bond donors (Lipinski definition) is 2. The Morgan fingerprint density at radius 2 is 1.74 bits per heavy atom. The molecule has 0 radical (unpaired) electrons. The van der Waals surface area contributed by atoms with Crippen LogP contribution in [0.5, 0.6) is 0 Å². The number of nitrogens with one attached hydrogen (secondary N) is 1. The Labute approximate surface area is 252 Å². The highest BCUT2D eigenvalue weighted by Crippen LogP contribution is 2.38. The van der Waals surface area contributed by atoms with Gasteiger partial charge in [0.05, 0.1) is 30.7 Å². The SMILES string of the molecule is O=C(N[C@@H](Cc1ccc(-c2ncc(F)cc2C(F)(F)F)c2nccn12)C(=O)O)c1c(F)cc(N2CCOCC2C(F)(F)F)cc1F. The van der Waals surface area contributed by atoms with E-state index in [1.54, 1.807) is 0 Å². The largest absolute Gasteiger partial charge is 0.480 e. The zero-order valence-corrected chi connectivity index (χ0v) is 23.0. The third kappa shape index (κ3) is 6.42. The van der Waals surface area contributed by atoms with Gasteiger partial charge >= 0.3 is 18.3 Å². The number of rotatable bonds is 7. The van der Waals surface area contributed by atoms with Gasteiger partial charge < -0.3 is 24.5 Å². The second kappa shape index (κ2) is 12.1. The number of anilines is 1. The second-order valence-corrected chi connectivity index (χ2v) is 10.1. The highest BCUT2D eigenvalue weighted by molar-refractivity contribution is 5.97. The van der Waals surface area contributed by atoms with Crippen molar-refractivity contribution in [1.29, 1.82) is 0 Å². The van der Waals surface area contributed by atoms with E-state index in [1.165, 1.54) is 22.9 Å². The van der Waals surface area contributed by atoms with E-state index in [-0.39, 0.29) is 36.1 Å². The number of halogens is 9. The normalized spacial score (nSPS) is 16.5. The number of amides is 1. The number of carboxylic acids is 1. The number of nitrogens with zero attached hydrogens (tertiary/aromatic N) is 4. The molecule has 1 aromatic carbocycles. The molecule has 2 atom stereocenters. The number of carbonyl (C=O) groups excluding carboxylic acids is 1. The van der Waals surface area contributed by atoms with Gasteiger partial charge in [-0.2, -0.15) is 26.3 Å². The van der Waals surface area contributed by atoms with E-state index in [9.17, 15) is 45.4 Å². The summed E-state index contributed by atoms with van der Waals surface area (Å²) >= 11 is 0. The molecule has 0 aliphatic carbocycles. The van der Waals surface area contributed by atoms with Crippen molar-refractivity contribution in [3.8, 4) is 11.3 Å². The Kier molecular flexibility index (Phi) is 8.59. The van der Waals surface area contributed by atoms with Gasteiger partial charge in [0, 0.05) is 42.3 Å². The summed E-state index contributed by atoms with van der Waals surface area (Å²) in [6.07, 6.45) is -7.33. The molecule has 0 bridgehead atoms. The van der Waals surface area contributed by atoms with Gasteiger partial charge in [-0.05, 0) is 30.3 Å². The maximum atomic E-state index is 15.0. The predicted octanol–water partition coefficient (Wildman–Crippen LogP) is 5.03. The quantitative estimate of drug-likeness (QED) is 0.268. The molecule has 2 N–H and O–H groups in total. The Hall–Kier alpha value is -4.87. The molecule has 46 heavy (non-hydrogen) atoms. The van der Waals surface area contributed by atoms with Crippen LogP contribution in [0, 0.1) is 17.5 Å². The summed E-state index contributed by atoms with van der Waals surface area (Å²) in [7, 11) is 0. The van der Waals surface area contributed by atoms with Crippen LogP contribution in [0.25, 0.3) is 16.9 Å². The molecule has 5 rings (SSSR count). The van der Waals surface area contributed by atoms with Crippen molar-refractivity contribution in [1.82, 2.24) is 19.7 Å². The Balaban J connectivity index is 1.42. The van der Waals surface area contributed by atoms with Crippen molar-refractivity contribution in [2.45, 2.75) is 30.9 Å². The molecular formula is C28H20F9N5O4. The average molecular weight is 661 g/mol. The van der Waals surface area contributed by atoms with E-state index >= 15 is 8.78 Å². The smallest absolute Gasteiger partial charge is 0.418 e. The maximum Gasteiger partial charge on any atom is 0.418 e. The van der Waals surface area contributed by atoms with Crippen LogP contribution < -0.4 is 10.2 Å². The fraction of sp³-hybridized carbons (Fsp3) is 0.286. The van der Waals surface area contributed by atoms with E-state index in [2.05, 4.69) is 9.97 Å². The van der Waals surface area contributed by atoms with Gasteiger partial charge in [-0.15, -0.1) is 0 Å². The zero-order valence-electron chi connectivity index (χ0n) is 23.0. The van der Waals surface area contributed by atoms with Crippen LogP contribution in [0.3, 0.4) is 0 Å². The Morgan fingerprint density at radius 3 is 2.37 bits per heavy atom. The third-order valence-corrected chi connectivity index (χ3v) is 7.16. The first-order chi connectivity index (χ1) is 21.6. The number of carboxylic acid groups (broad SMARTS) is 1. The molecule has 0 saturated carbocycles. The summed E-state index contributed by atoms with van der Waals surface area (Å²) in [5, 5.41) is 11.7. The third-order valence-electron chi connectivity index (χ3n) is 7.16. The Morgan fingerprint density at radius 1 is 1.04 bits per heavy atom. The van der Waals surface area contributed by atoms with Gasteiger partial charge in [0.25, 0.3) is 5.91 Å². The van der Waals surface area contributed by atoms with Crippen molar-refractivity contribution in [2.24, 2.45) is 0 Å². The number of ether oxygens (including phenoxy) is 1. The van der Waals surface area contributed by atoms with Crippen molar-refractivity contribution in [2.75, 3.05) is 24.7 Å². The highest BCUT2D eigenvalue weighted by Gasteiger charge is 2.46. The monoisotopic (exact) mass is 661 g/mol. The molecule has 0 spiro atoms. The fourth-order valence-electron chi connectivity index (χ4n) is 5.06. The van der Waals surface area contributed by atoms with Crippen molar-refractivity contribution in [3.05, 3.63) is 83.2 Å². The number of aromatic nitrogens is 3. The Bertz CT molecular complexity index is 1790. The lowest BCUT2D eigenvalue weighted by molar-refractivity contribution is -0.167. The van der Waals surface area contributed by atoms with Crippen molar-refractivity contribution >= 4 is 23.2 Å². The molecule has 18 heteroatoms. The predicted molar refractivity (Wildman–Crippen MR) is 140 cm³/mol. The maximum absolute atomic E-state index is 15.0. The van der Waals surface area contributed by atoms with Crippen molar-refractivity contribution in [3.63, 3.8) is 0 Å². The molecule has 1 unspecified atom stereocenters. The zero-order chi connectivity index (χ0) is 33.6. The van der Waals surface area contributed by atoms with E-state index in [0.29, 0.717) is 23.2 Å². The number of imidazole rings is 1. The summed E-state index contributed by atoms with van der Waals surface area (Å²) < 4.78 is 131. The summed E-state index contributed by atoms with van der Waals surface area (Å²) in [5.41, 5.74) is -4.07. The molecule has 1 aliphatic heterocycles. The van der Waals surface area contributed by atoms with Crippen LogP contribution in [-0.4, -0.2) is 69.4 Å². The van der Waals surface area contributed by atoms with Crippen LogP contribution in [0.15, 0.2) is 48.9 Å². The number of aliphatic carboxylic acids is 1. The number of carbonyl (C=O) groups is 2. The first kappa shape index (κ1) is 32.5. The molecule has 244 valence electrons. The molecule has 1 amide bonds. The molecule has 1 aliphatic rings. The van der Waals surface area contributed by atoms with Gasteiger partial charge in [-0.1, -0.05) is 0 Å². The lowest BCUT2D eigenvalue weighted by Gasteiger charge is -2.38. The van der Waals surface area contributed by atoms with Gasteiger partial charge in [0.2, 0.25) is 0 Å². The molecule has 1 saturated heterocycles. The summed E-state index contributed by atoms with van der Waals surface area (Å²) in [6.45, 7) is -1.30. The van der Waals surface area contributed by atoms with E-state index in [0.717, 1.165) is 6.07 Å². The minimum Gasteiger partial charge on any atom is -0.480 e. The van der Waals surface area contributed by atoms with Crippen molar-refractivity contribution < 1.29 is 58.9 Å². The summed E-state index contributed by atoms with van der Waals surface area (Å²) in [6, 6.07) is -0.439. The number of benzene rings is 1. The van der Waals surface area contributed by atoms with Crippen LogP contribution in [0.4, 0.5) is 45.2 Å². The number of fused-ring (bicyclic) bond motifs is 1. The number of pyridine rings is 2. The van der Waals surface area contributed by atoms with E-state index in [1.807, 2.05) is 5.32 Å². The fourth-order valence-corrected chi connectivity index (χ4v) is 5.06. The molecule has 4 heterocycles. The molecule has 4 aromatic rings. The number of morpholine rings is 1.